The first-order valence-electron chi connectivity index (χ1n) is 12.0. The molecule has 9 heteroatoms. The molecule has 8 nitrogen and oxygen atoms in total. The van der Waals surface area contributed by atoms with Gasteiger partial charge in [-0.15, -0.1) is 10.2 Å². The van der Waals surface area contributed by atoms with E-state index in [2.05, 4.69) is 25.5 Å². The van der Waals surface area contributed by atoms with E-state index in [-0.39, 0.29) is 29.4 Å². The van der Waals surface area contributed by atoms with Gasteiger partial charge in [-0.05, 0) is 55.7 Å². The molecule has 5 aromatic rings. The van der Waals surface area contributed by atoms with Crippen LogP contribution in [0.1, 0.15) is 40.5 Å². The monoisotopic (exact) mass is 494 g/mol. The number of rotatable bonds is 5. The average molecular weight is 495 g/mol. The number of aryl methyl sites for hydroxylation is 1. The van der Waals surface area contributed by atoms with Crippen molar-refractivity contribution in [3.05, 3.63) is 95.8 Å². The summed E-state index contributed by atoms with van der Waals surface area (Å²) >= 11 is 0. The first-order chi connectivity index (χ1) is 18.0. The molecule has 0 saturated heterocycles. The fraction of sp³-hybridized carbons (Fsp3) is 0.179. The summed E-state index contributed by atoms with van der Waals surface area (Å²) in [4.78, 5) is 21.7. The number of carbonyl (C=O) groups excluding carboxylic acids is 1. The quantitative estimate of drug-likeness (QED) is 0.367. The Labute approximate surface area is 211 Å². The molecule has 0 unspecified atom stereocenters. The van der Waals surface area contributed by atoms with Crippen LogP contribution in [0.5, 0.6) is 5.75 Å². The molecule has 0 spiro atoms. The highest BCUT2D eigenvalue weighted by Gasteiger charge is 2.36. The number of aromatic nitrogens is 5. The molecule has 1 aliphatic carbocycles. The molecule has 0 atom stereocenters. The number of amides is 1. The minimum Gasteiger partial charge on any atom is -0.506 e. The van der Waals surface area contributed by atoms with Gasteiger partial charge in [-0.3, -0.25) is 19.3 Å². The zero-order chi connectivity index (χ0) is 25.5. The van der Waals surface area contributed by atoms with Crippen LogP contribution in [-0.2, 0) is 0 Å². The van der Waals surface area contributed by atoms with Crippen LogP contribution in [-0.4, -0.2) is 41.8 Å². The van der Waals surface area contributed by atoms with Crippen LogP contribution in [0.15, 0.2) is 73.1 Å². The minimum atomic E-state index is -0.379. The standard InChI is InChI=1S/C28H23FN6O2/c1-16-9-10-23(30-14-16)27-34-33-26(35(27)24-8-3-2-7-22(24)29)18-11-19(12-18)32-28(37)21-6-4-5-17-13-20(36)15-31-25(17)21/h2-10,13-15,18-19,36H,11-12H2,1H3,(H,32,37)/t18-,19-. The number of nitrogens with one attached hydrogen (secondary N) is 1. The summed E-state index contributed by atoms with van der Waals surface area (Å²) in [6.07, 6.45) is 4.35. The summed E-state index contributed by atoms with van der Waals surface area (Å²) in [5, 5.41) is 22.3. The lowest BCUT2D eigenvalue weighted by Gasteiger charge is -2.35. The smallest absolute Gasteiger partial charge is 0.253 e. The van der Waals surface area contributed by atoms with Crippen molar-refractivity contribution in [3.63, 3.8) is 0 Å². The maximum absolute atomic E-state index is 14.9. The number of aromatic hydroxyl groups is 1. The molecule has 6 rings (SSSR count). The second-order valence-electron chi connectivity index (χ2n) is 9.30. The van der Waals surface area contributed by atoms with Gasteiger partial charge in [-0.1, -0.05) is 30.3 Å². The molecular weight excluding hydrogens is 471 g/mol. The summed E-state index contributed by atoms with van der Waals surface area (Å²) in [6.45, 7) is 1.95. The van der Waals surface area contributed by atoms with Crippen molar-refractivity contribution in [1.29, 1.82) is 0 Å². The van der Waals surface area contributed by atoms with Crippen LogP contribution in [0.3, 0.4) is 0 Å². The Morgan fingerprint density at radius 3 is 2.65 bits per heavy atom. The van der Waals surface area contributed by atoms with Crippen LogP contribution >= 0.6 is 0 Å². The summed E-state index contributed by atoms with van der Waals surface area (Å²) in [5.41, 5.74) is 2.95. The van der Waals surface area contributed by atoms with E-state index in [0.717, 1.165) is 5.56 Å². The summed E-state index contributed by atoms with van der Waals surface area (Å²) in [5.74, 6) is 0.529. The Kier molecular flexibility index (Phi) is 5.60. The fourth-order valence-corrected chi connectivity index (χ4v) is 4.74. The normalized spacial score (nSPS) is 16.9. The predicted octanol–water partition coefficient (Wildman–Crippen LogP) is 4.71. The van der Waals surface area contributed by atoms with Crippen molar-refractivity contribution in [2.45, 2.75) is 31.7 Å². The molecule has 0 bridgehead atoms. The predicted molar refractivity (Wildman–Crippen MR) is 136 cm³/mol. The van der Waals surface area contributed by atoms with Crippen molar-refractivity contribution < 1.29 is 14.3 Å². The zero-order valence-electron chi connectivity index (χ0n) is 20.0. The number of pyridine rings is 2. The number of fused-ring (bicyclic) bond motifs is 1. The lowest BCUT2D eigenvalue weighted by Crippen LogP contribution is -2.44. The van der Waals surface area contributed by atoms with E-state index in [1.54, 1.807) is 53.2 Å². The van der Waals surface area contributed by atoms with Gasteiger partial charge in [-0.2, -0.15) is 0 Å². The molecule has 1 saturated carbocycles. The number of hydrogen-bond acceptors (Lipinski definition) is 6. The van der Waals surface area contributed by atoms with E-state index in [4.69, 9.17) is 0 Å². The first kappa shape index (κ1) is 22.8. The Morgan fingerprint density at radius 2 is 1.86 bits per heavy atom. The minimum absolute atomic E-state index is 0.0146. The third-order valence-electron chi connectivity index (χ3n) is 6.70. The highest BCUT2D eigenvalue weighted by atomic mass is 19.1. The van der Waals surface area contributed by atoms with Gasteiger partial charge in [0.1, 0.15) is 23.1 Å². The van der Waals surface area contributed by atoms with Gasteiger partial charge in [0.15, 0.2) is 5.82 Å². The third kappa shape index (κ3) is 4.18. The van der Waals surface area contributed by atoms with Gasteiger partial charge >= 0.3 is 0 Å². The van der Waals surface area contributed by atoms with Gasteiger partial charge in [0.2, 0.25) is 0 Å². The van der Waals surface area contributed by atoms with Crippen molar-refractivity contribution in [2.24, 2.45) is 0 Å². The molecular formula is C28H23FN6O2. The topological polar surface area (TPSA) is 106 Å². The van der Waals surface area contributed by atoms with E-state index < -0.39 is 0 Å². The maximum Gasteiger partial charge on any atom is 0.253 e. The molecule has 1 amide bonds. The summed E-state index contributed by atoms with van der Waals surface area (Å²) in [6, 6.07) is 17.1. The third-order valence-corrected chi connectivity index (χ3v) is 6.70. The first-order valence-corrected chi connectivity index (χ1v) is 12.0. The van der Waals surface area contributed by atoms with Crippen LogP contribution in [0.2, 0.25) is 0 Å². The van der Waals surface area contributed by atoms with E-state index in [1.807, 2.05) is 19.1 Å². The molecule has 1 fully saturated rings. The van der Waals surface area contributed by atoms with Crippen LogP contribution in [0.4, 0.5) is 4.39 Å². The maximum atomic E-state index is 14.9. The molecule has 2 aromatic carbocycles. The Bertz CT molecular complexity index is 1630. The Balaban J connectivity index is 1.26. The zero-order valence-corrected chi connectivity index (χ0v) is 20.0. The summed E-state index contributed by atoms with van der Waals surface area (Å²) < 4.78 is 16.6. The second-order valence-corrected chi connectivity index (χ2v) is 9.30. The highest BCUT2D eigenvalue weighted by Crippen LogP contribution is 2.39. The fourth-order valence-electron chi connectivity index (χ4n) is 4.74. The van der Waals surface area contributed by atoms with Crippen molar-refractivity contribution >= 4 is 16.8 Å². The van der Waals surface area contributed by atoms with Gasteiger partial charge < -0.3 is 10.4 Å². The van der Waals surface area contributed by atoms with Gasteiger partial charge in [0.05, 0.1) is 23.0 Å². The van der Waals surface area contributed by atoms with Crippen molar-refractivity contribution in [3.8, 4) is 23.0 Å². The number of halogens is 1. The lowest BCUT2D eigenvalue weighted by atomic mass is 9.79. The van der Waals surface area contributed by atoms with Gasteiger partial charge in [0.25, 0.3) is 5.91 Å². The van der Waals surface area contributed by atoms with Crippen LogP contribution < -0.4 is 5.32 Å². The molecule has 1 aliphatic rings. The Hall–Kier alpha value is -4.66. The van der Waals surface area contributed by atoms with Gasteiger partial charge in [-0.25, -0.2) is 4.39 Å². The van der Waals surface area contributed by atoms with Crippen LogP contribution in [0.25, 0.3) is 28.1 Å². The number of nitrogens with zero attached hydrogens (tertiary/aromatic N) is 5. The molecule has 3 aromatic heterocycles. The second kappa shape index (κ2) is 9.09. The molecule has 0 radical (unpaired) electrons. The van der Waals surface area contributed by atoms with E-state index in [9.17, 15) is 14.3 Å². The lowest BCUT2D eigenvalue weighted by molar-refractivity contribution is 0.0908. The number of para-hydroxylation sites is 2. The van der Waals surface area contributed by atoms with E-state index in [1.165, 1.54) is 12.3 Å². The van der Waals surface area contributed by atoms with Crippen LogP contribution in [0, 0.1) is 12.7 Å². The SMILES string of the molecule is Cc1ccc(-c2nnc([C@H]3C[C@H](NC(=O)c4cccc5cc(O)cnc45)C3)n2-c2ccccc2F)nc1. The van der Waals surface area contributed by atoms with Crippen molar-refractivity contribution in [2.75, 3.05) is 0 Å². The number of hydrogen-bond donors (Lipinski definition) is 2. The molecule has 2 N–H and O–H groups in total. The molecule has 184 valence electrons. The highest BCUT2D eigenvalue weighted by molar-refractivity contribution is 6.05. The average Bonchev–Trinajstić information content (AvgIpc) is 3.30. The van der Waals surface area contributed by atoms with E-state index >= 15 is 0 Å². The summed E-state index contributed by atoms with van der Waals surface area (Å²) in [7, 11) is 0. The Morgan fingerprint density at radius 1 is 1.03 bits per heavy atom. The molecule has 3 heterocycles. The van der Waals surface area contributed by atoms with E-state index in [0.29, 0.717) is 52.3 Å². The molecule has 0 aliphatic heterocycles. The number of benzene rings is 2. The molecule has 37 heavy (non-hydrogen) atoms. The van der Waals surface area contributed by atoms with Gasteiger partial charge in [0, 0.05) is 23.5 Å². The van der Waals surface area contributed by atoms with Crippen molar-refractivity contribution in [1.82, 2.24) is 30.0 Å². The largest absolute Gasteiger partial charge is 0.506 e. The number of carbonyl (C=O) groups is 1.